The highest BCUT2D eigenvalue weighted by Crippen LogP contribution is 2.27. The summed E-state index contributed by atoms with van der Waals surface area (Å²) in [6.07, 6.45) is 0.354. The zero-order valence-electron chi connectivity index (χ0n) is 10.8. The number of aliphatic hydroxyl groups excluding tert-OH is 1. The Kier molecular flexibility index (Phi) is 5.59. The van der Waals surface area contributed by atoms with Gasteiger partial charge < -0.3 is 9.84 Å². The van der Waals surface area contributed by atoms with Crippen molar-refractivity contribution >= 4 is 11.6 Å². The number of ether oxygens (including phenoxy) is 1. The molecule has 2 nitrogen and oxygen atoms in total. The molecular weight excluding hydrogens is 212 g/mol. The van der Waals surface area contributed by atoms with Crippen molar-refractivity contribution in [2.24, 2.45) is 5.92 Å². The van der Waals surface area contributed by atoms with Crippen LogP contribution in [0.25, 0.3) is 0 Å². The van der Waals surface area contributed by atoms with Gasteiger partial charge in [-0.25, -0.2) is 0 Å². The molecule has 0 aliphatic heterocycles. The molecule has 0 spiro atoms. The van der Waals surface area contributed by atoms with Crippen molar-refractivity contribution in [3.05, 3.63) is 0 Å². The fourth-order valence-corrected chi connectivity index (χ4v) is 2.24. The topological polar surface area (TPSA) is 29.5 Å². The van der Waals surface area contributed by atoms with E-state index in [1.165, 1.54) is 0 Å². The summed E-state index contributed by atoms with van der Waals surface area (Å²) in [4.78, 5) is 0. The summed E-state index contributed by atoms with van der Waals surface area (Å²) in [5, 5.41) is 9.60. The molecule has 0 fully saturated rings. The number of halogens is 1. The molecule has 0 aliphatic carbocycles. The first-order valence-corrected chi connectivity index (χ1v) is 6.05. The molecule has 0 heterocycles. The molecule has 1 N–H and O–H groups in total. The Labute approximate surface area is 99.0 Å². The average Bonchev–Trinajstić information content (AvgIpc) is 1.96. The van der Waals surface area contributed by atoms with Crippen LogP contribution in [0.5, 0.6) is 0 Å². The van der Waals surface area contributed by atoms with E-state index < -0.39 is 6.10 Å². The van der Waals surface area contributed by atoms with Crippen molar-refractivity contribution in [1.82, 2.24) is 0 Å². The van der Waals surface area contributed by atoms with Gasteiger partial charge in [-0.05, 0) is 47.0 Å². The van der Waals surface area contributed by atoms with E-state index >= 15 is 0 Å². The lowest BCUT2D eigenvalue weighted by Gasteiger charge is -2.36. The average molecular weight is 237 g/mol. The van der Waals surface area contributed by atoms with Crippen LogP contribution in [-0.2, 0) is 4.74 Å². The van der Waals surface area contributed by atoms with Crippen LogP contribution >= 0.6 is 11.6 Å². The third-order valence-electron chi connectivity index (χ3n) is 2.21. The van der Waals surface area contributed by atoms with Crippen LogP contribution in [0.1, 0.15) is 48.0 Å². The first kappa shape index (κ1) is 15.2. The first-order chi connectivity index (χ1) is 6.57. The quantitative estimate of drug-likeness (QED) is 0.743. The lowest BCUT2D eigenvalue weighted by atomic mass is 9.90. The Hall–Kier alpha value is 0.210. The van der Waals surface area contributed by atoms with Gasteiger partial charge in [0.2, 0.25) is 0 Å². The minimum atomic E-state index is -0.450. The van der Waals surface area contributed by atoms with Crippen LogP contribution in [0.2, 0.25) is 0 Å². The molecule has 0 saturated carbocycles. The van der Waals surface area contributed by atoms with Crippen LogP contribution in [-0.4, -0.2) is 28.3 Å². The Bertz CT molecular complexity index is 185. The van der Waals surface area contributed by atoms with E-state index in [0.717, 1.165) is 6.42 Å². The molecule has 0 aromatic rings. The molecule has 0 amide bonds. The Balaban J connectivity index is 4.25. The summed E-state index contributed by atoms with van der Waals surface area (Å²) in [5.74, 6) is 0.437. The monoisotopic (exact) mass is 236 g/mol. The second-order valence-electron chi connectivity index (χ2n) is 5.88. The third-order valence-corrected chi connectivity index (χ3v) is 2.53. The fourth-order valence-electron chi connectivity index (χ4n) is 1.93. The van der Waals surface area contributed by atoms with Crippen molar-refractivity contribution < 1.29 is 9.84 Å². The molecular formula is C12H25ClO2. The summed E-state index contributed by atoms with van der Waals surface area (Å²) in [5.41, 5.74) is -0.389. The summed E-state index contributed by atoms with van der Waals surface area (Å²) in [7, 11) is 0. The number of aliphatic hydroxyl groups is 1. The minimum Gasteiger partial charge on any atom is -0.392 e. The molecule has 0 rings (SSSR count). The smallest absolute Gasteiger partial charge is 0.0702 e. The lowest BCUT2D eigenvalue weighted by molar-refractivity contribution is -0.126. The minimum absolute atomic E-state index is 0.153. The molecule has 0 radical (unpaired) electrons. The summed E-state index contributed by atoms with van der Waals surface area (Å²) >= 11 is 5.62. The molecule has 0 saturated heterocycles. The Morgan fingerprint density at radius 1 is 1.20 bits per heavy atom. The van der Waals surface area contributed by atoms with Gasteiger partial charge in [-0.3, -0.25) is 0 Å². The van der Waals surface area contributed by atoms with Gasteiger partial charge >= 0.3 is 0 Å². The molecule has 3 heteroatoms. The first-order valence-electron chi connectivity index (χ1n) is 5.51. The van der Waals surface area contributed by atoms with Crippen LogP contribution in [0.4, 0.5) is 0 Å². The summed E-state index contributed by atoms with van der Waals surface area (Å²) in [6, 6.07) is 0. The van der Waals surface area contributed by atoms with Gasteiger partial charge in [0.05, 0.1) is 17.3 Å². The number of alkyl halides is 1. The maximum absolute atomic E-state index is 9.60. The van der Waals surface area contributed by atoms with E-state index in [0.29, 0.717) is 0 Å². The van der Waals surface area contributed by atoms with Crippen molar-refractivity contribution in [3.8, 4) is 0 Å². The standard InChI is InChI=1S/C12H25ClO2/c1-9(10(14)8-13)7-12(5,6)15-11(2,3)4/h9-10,14H,7-8H2,1-6H3. The van der Waals surface area contributed by atoms with E-state index in [-0.39, 0.29) is 23.0 Å². The molecule has 0 bridgehead atoms. The highest BCUT2D eigenvalue weighted by molar-refractivity contribution is 6.18. The molecule has 0 aromatic heterocycles. The van der Waals surface area contributed by atoms with Gasteiger partial charge in [0.25, 0.3) is 0 Å². The zero-order valence-corrected chi connectivity index (χ0v) is 11.6. The number of rotatable bonds is 5. The molecule has 0 aromatic carbocycles. The van der Waals surface area contributed by atoms with E-state index in [4.69, 9.17) is 16.3 Å². The molecule has 15 heavy (non-hydrogen) atoms. The van der Waals surface area contributed by atoms with Crippen LogP contribution in [0.3, 0.4) is 0 Å². The molecule has 0 aliphatic rings. The van der Waals surface area contributed by atoms with E-state index in [9.17, 15) is 5.11 Å². The SMILES string of the molecule is CC(CC(C)(C)OC(C)(C)C)C(O)CCl. The van der Waals surface area contributed by atoms with Gasteiger partial charge in [-0.1, -0.05) is 6.92 Å². The van der Waals surface area contributed by atoms with Crippen molar-refractivity contribution in [3.63, 3.8) is 0 Å². The largest absolute Gasteiger partial charge is 0.392 e. The van der Waals surface area contributed by atoms with E-state index in [1.807, 2.05) is 27.7 Å². The normalized spacial score (nSPS) is 17.6. The van der Waals surface area contributed by atoms with Gasteiger partial charge in [0.1, 0.15) is 0 Å². The van der Waals surface area contributed by atoms with Crippen molar-refractivity contribution in [2.75, 3.05) is 5.88 Å². The second kappa shape index (κ2) is 5.51. The Morgan fingerprint density at radius 2 is 1.67 bits per heavy atom. The molecule has 92 valence electrons. The van der Waals surface area contributed by atoms with Gasteiger partial charge in [0, 0.05) is 5.88 Å². The lowest BCUT2D eigenvalue weighted by Crippen LogP contribution is -2.38. The van der Waals surface area contributed by atoms with Gasteiger partial charge in [-0.2, -0.15) is 0 Å². The third kappa shape index (κ3) is 7.15. The second-order valence-corrected chi connectivity index (χ2v) is 6.19. The fraction of sp³-hybridized carbons (Fsp3) is 1.00. The van der Waals surface area contributed by atoms with Crippen LogP contribution in [0.15, 0.2) is 0 Å². The highest BCUT2D eigenvalue weighted by Gasteiger charge is 2.29. The highest BCUT2D eigenvalue weighted by atomic mass is 35.5. The Morgan fingerprint density at radius 3 is 2.00 bits per heavy atom. The summed E-state index contributed by atoms with van der Waals surface area (Å²) in [6.45, 7) is 12.2. The van der Waals surface area contributed by atoms with Crippen molar-refractivity contribution in [1.29, 1.82) is 0 Å². The molecule has 2 atom stereocenters. The summed E-state index contributed by atoms with van der Waals surface area (Å²) < 4.78 is 5.94. The van der Waals surface area contributed by atoms with E-state index in [2.05, 4.69) is 13.8 Å². The maximum atomic E-state index is 9.60. The zero-order chi connectivity index (χ0) is 12.3. The predicted molar refractivity (Wildman–Crippen MR) is 65.4 cm³/mol. The van der Waals surface area contributed by atoms with Gasteiger partial charge in [-0.15, -0.1) is 11.6 Å². The van der Waals surface area contributed by atoms with E-state index in [1.54, 1.807) is 0 Å². The van der Waals surface area contributed by atoms with Gasteiger partial charge in [0.15, 0.2) is 0 Å². The van der Waals surface area contributed by atoms with Crippen molar-refractivity contribution in [2.45, 2.75) is 65.3 Å². The molecule has 2 unspecified atom stereocenters. The maximum Gasteiger partial charge on any atom is 0.0702 e. The van der Waals surface area contributed by atoms with Crippen LogP contribution < -0.4 is 0 Å². The number of hydrogen-bond acceptors (Lipinski definition) is 2. The predicted octanol–water partition coefficient (Wildman–Crippen LogP) is 3.21. The van der Waals surface area contributed by atoms with Crippen LogP contribution in [0, 0.1) is 5.92 Å². The number of hydrogen-bond donors (Lipinski definition) is 1.